The van der Waals surface area contributed by atoms with Crippen LogP contribution in [0.5, 0.6) is 0 Å². The van der Waals surface area contributed by atoms with Gasteiger partial charge in [0.2, 0.25) is 0 Å². The van der Waals surface area contributed by atoms with E-state index in [1.165, 1.54) is 25.7 Å². The number of rotatable bonds is 5. The second kappa shape index (κ2) is 5.83. The maximum Gasteiger partial charge on any atom is 0.0643 e. The van der Waals surface area contributed by atoms with Gasteiger partial charge in [-0.2, -0.15) is 0 Å². The highest BCUT2D eigenvalue weighted by Crippen LogP contribution is 2.36. The highest BCUT2D eigenvalue weighted by molar-refractivity contribution is 4.79. The number of hydrogen-bond acceptors (Lipinski definition) is 3. The van der Waals surface area contributed by atoms with E-state index in [1.807, 2.05) is 0 Å². The molecule has 0 radical (unpaired) electrons. The molecule has 1 aliphatic rings. The Balaban J connectivity index is 2.13. The van der Waals surface area contributed by atoms with Crippen LogP contribution in [0.1, 0.15) is 39.5 Å². The quantitative estimate of drug-likeness (QED) is 0.762. The number of hydrogen-bond donors (Lipinski definition) is 1. The topological polar surface area (TPSA) is 44.5 Å². The van der Waals surface area contributed by atoms with Crippen molar-refractivity contribution in [3.63, 3.8) is 0 Å². The molecule has 1 aliphatic carbocycles. The van der Waals surface area contributed by atoms with Crippen LogP contribution in [-0.4, -0.2) is 32.5 Å². The molecule has 0 aromatic heterocycles. The zero-order valence-electron chi connectivity index (χ0n) is 10.3. The van der Waals surface area contributed by atoms with E-state index in [4.69, 9.17) is 15.2 Å². The minimum atomic E-state index is 0.0185. The van der Waals surface area contributed by atoms with E-state index >= 15 is 0 Å². The van der Waals surface area contributed by atoms with Crippen LogP contribution in [0, 0.1) is 5.41 Å². The number of methoxy groups -OCH3 is 1. The van der Waals surface area contributed by atoms with Crippen LogP contribution in [0.15, 0.2) is 0 Å². The van der Waals surface area contributed by atoms with Gasteiger partial charge < -0.3 is 15.2 Å². The lowest BCUT2D eigenvalue weighted by molar-refractivity contribution is -0.00962. The zero-order valence-corrected chi connectivity index (χ0v) is 10.3. The molecule has 0 aromatic rings. The summed E-state index contributed by atoms with van der Waals surface area (Å²) < 4.78 is 10.8. The minimum absolute atomic E-state index is 0.0185. The molecule has 3 heteroatoms. The van der Waals surface area contributed by atoms with E-state index in [0.717, 1.165) is 0 Å². The van der Waals surface area contributed by atoms with Gasteiger partial charge in [-0.05, 0) is 31.1 Å². The monoisotopic (exact) mass is 215 g/mol. The predicted molar refractivity (Wildman–Crippen MR) is 61.8 cm³/mol. The Morgan fingerprint density at radius 1 is 1.27 bits per heavy atom. The zero-order chi connectivity index (χ0) is 11.3. The molecule has 0 spiro atoms. The van der Waals surface area contributed by atoms with E-state index in [9.17, 15) is 0 Å². The fourth-order valence-corrected chi connectivity index (χ4v) is 2.06. The maximum absolute atomic E-state index is 5.80. The van der Waals surface area contributed by atoms with E-state index in [2.05, 4.69) is 13.8 Å². The first-order valence-corrected chi connectivity index (χ1v) is 5.89. The summed E-state index contributed by atoms with van der Waals surface area (Å²) in [7, 11) is 1.67. The molecule has 0 amide bonds. The van der Waals surface area contributed by atoms with Crippen LogP contribution >= 0.6 is 0 Å². The highest BCUT2D eigenvalue weighted by Gasteiger charge is 2.27. The smallest absolute Gasteiger partial charge is 0.0643 e. The summed E-state index contributed by atoms with van der Waals surface area (Å²) in [6.45, 7) is 5.87. The Bertz CT molecular complexity index is 172. The van der Waals surface area contributed by atoms with E-state index in [1.54, 1.807) is 7.11 Å². The lowest BCUT2D eigenvalue weighted by Crippen LogP contribution is -2.35. The largest absolute Gasteiger partial charge is 0.383 e. The second-order valence-corrected chi connectivity index (χ2v) is 5.41. The Kier molecular flexibility index (Phi) is 5.03. The van der Waals surface area contributed by atoms with E-state index in [-0.39, 0.29) is 6.04 Å². The van der Waals surface area contributed by atoms with Crippen molar-refractivity contribution >= 4 is 0 Å². The van der Waals surface area contributed by atoms with E-state index in [0.29, 0.717) is 24.7 Å². The summed E-state index contributed by atoms with van der Waals surface area (Å²) in [4.78, 5) is 0. The van der Waals surface area contributed by atoms with Crippen LogP contribution in [0.2, 0.25) is 0 Å². The molecule has 0 aromatic carbocycles. The summed E-state index contributed by atoms with van der Waals surface area (Å²) in [6, 6.07) is 0.0185. The van der Waals surface area contributed by atoms with Crippen LogP contribution in [-0.2, 0) is 9.47 Å². The highest BCUT2D eigenvalue weighted by atomic mass is 16.5. The molecule has 1 unspecified atom stereocenters. The first kappa shape index (κ1) is 12.9. The third-order valence-electron chi connectivity index (χ3n) is 3.21. The number of nitrogens with two attached hydrogens (primary N) is 1. The molecule has 0 heterocycles. The third-order valence-corrected chi connectivity index (χ3v) is 3.21. The van der Waals surface area contributed by atoms with Gasteiger partial charge in [0.1, 0.15) is 0 Å². The molecule has 0 bridgehead atoms. The normalized spacial score (nSPS) is 24.0. The minimum Gasteiger partial charge on any atom is -0.383 e. The van der Waals surface area contributed by atoms with Crippen molar-refractivity contribution in [3.05, 3.63) is 0 Å². The lowest BCUT2D eigenvalue weighted by atomic mass is 9.76. The summed E-state index contributed by atoms with van der Waals surface area (Å²) in [5, 5.41) is 0. The van der Waals surface area contributed by atoms with Crippen molar-refractivity contribution in [1.29, 1.82) is 0 Å². The standard InChI is InChI=1S/C12H25NO2/c1-12(2)6-4-11(5-7-12)15-9-10(13)8-14-3/h10-11H,4-9,13H2,1-3H3. The molecule has 3 nitrogen and oxygen atoms in total. The molecular weight excluding hydrogens is 190 g/mol. The van der Waals surface area contributed by atoms with Crippen LogP contribution < -0.4 is 5.73 Å². The van der Waals surface area contributed by atoms with Crippen LogP contribution in [0.25, 0.3) is 0 Å². The van der Waals surface area contributed by atoms with Crippen molar-refractivity contribution in [2.24, 2.45) is 11.1 Å². The lowest BCUT2D eigenvalue weighted by Gasteiger charge is -2.34. The molecule has 1 rings (SSSR count). The molecule has 0 saturated heterocycles. The molecule has 0 aliphatic heterocycles. The van der Waals surface area contributed by atoms with Gasteiger partial charge in [-0.15, -0.1) is 0 Å². The summed E-state index contributed by atoms with van der Waals surface area (Å²) in [5.41, 5.74) is 6.31. The van der Waals surface area contributed by atoms with Gasteiger partial charge in [0.25, 0.3) is 0 Å². The maximum atomic E-state index is 5.80. The molecule has 1 fully saturated rings. The SMILES string of the molecule is COCC(N)COC1CCC(C)(C)CC1. The Morgan fingerprint density at radius 2 is 1.87 bits per heavy atom. The number of ether oxygens (including phenoxy) is 2. The van der Waals surface area contributed by atoms with Crippen molar-refractivity contribution in [3.8, 4) is 0 Å². The summed E-state index contributed by atoms with van der Waals surface area (Å²) in [6.07, 6.45) is 5.29. The van der Waals surface area contributed by atoms with Gasteiger partial charge in [0.05, 0.1) is 25.4 Å². The third kappa shape index (κ3) is 4.96. The fraction of sp³-hybridized carbons (Fsp3) is 1.00. The molecule has 15 heavy (non-hydrogen) atoms. The summed E-state index contributed by atoms with van der Waals surface area (Å²) >= 11 is 0. The van der Waals surface area contributed by atoms with Crippen molar-refractivity contribution in [1.82, 2.24) is 0 Å². The van der Waals surface area contributed by atoms with Crippen molar-refractivity contribution in [2.45, 2.75) is 51.7 Å². The predicted octanol–water partition coefficient (Wildman–Crippen LogP) is 1.95. The molecular formula is C12H25NO2. The Morgan fingerprint density at radius 3 is 2.40 bits per heavy atom. The Hall–Kier alpha value is -0.120. The van der Waals surface area contributed by atoms with Gasteiger partial charge in [0, 0.05) is 7.11 Å². The molecule has 90 valence electrons. The Labute approximate surface area is 93.3 Å². The van der Waals surface area contributed by atoms with Crippen molar-refractivity contribution < 1.29 is 9.47 Å². The van der Waals surface area contributed by atoms with Crippen LogP contribution in [0.3, 0.4) is 0 Å². The van der Waals surface area contributed by atoms with Gasteiger partial charge >= 0.3 is 0 Å². The fourth-order valence-electron chi connectivity index (χ4n) is 2.06. The molecule has 1 atom stereocenters. The van der Waals surface area contributed by atoms with Crippen molar-refractivity contribution in [2.75, 3.05) is 20.3 Å². The second-order valence-electron chi connectivity index (χ2n) is 5.41. The molecule has 1 saturated carbocycles. The van der Waals surface area contributed by atoms with Crippen LogP contribution in [0.4, 0.5) is 0 Å². The first-order valence-electron chi connectivity index (χ1n) is 5.89. The van der Waals surface area contributed by atoms with Gasteiger partial charge in [0.15, 0.2) is 0 Å². The molecule has 2 N–H and O–H groups in total. The summed E-state index contributed by atoms with van der Waals surface area (Å²) in [5.74, 6) is 0. The first-order chi connectivity index (χ1) is 7.03. The van der Waals surface area contributed by atoms with Gasteiger partial charge in [-0.1, -0.05) is 13.8 Å². The average Bonchev–Trinajstić information content (AvgIpc) is 2.17. The van der Waals surface area contributed by atoms with Gasteiger partial charge in [-0.3, -0.25) is 0 Å². The van der Waals surface area contributed by atoms with Gasteiger partial charge in [-0.25, -0.2) is 0 Å². The average molecular weight is 215 g/mol. The van der Waals surface area contributed by atoms with E-state index < -0.39 is 0 Å².